The number of nitrogen functional groups attached to an aromatic ring is 1. The van der Waals surface area contributed by atoms with E-state index in [9.17, 15) is 43.5 Å². The molecule has 0 radical (unpaired) electrons. The molecule has 0 aliphatic carbocycles. The Hall–Kier alpha value is -3.06. The molecule has 67 heavy (non-hydrogen) atoms. The number of unbranched alkanes of at least 4 members (excludes halogenated alkanes) is 11. The first-order chi connectivity index (χ1) is 32.0. The van der Waals surface area contributed by atoms with Gasteiger partial charge in [0.15, 0.2) is 12.3 Å². The maximum Gasteiger partial charge on any atom is 0.481 e. The zero-order valence-electron chi connectivity index (χ0n) is 39.6. The molecule has 19 nitrogen and oxygen atoms in total. The summed E-state index contributed by atoms with van der Waals surface area (Å²) < 4.78 is 62.3. The van der Waals surface area contributed by atoms with Crippen LogP contribution in [0.25, 0.3) is 0 Å². The minimum Gasteiger partial charge on any atom is -0.462 e. The molecule has 6 N–H and O–H groups in total. The number of hydrogen-bond donors (Lipinski definition) is 5. The van der Waals surface area contributed by atoms with Gasteiger partial charge in [0, 0.05) is 19.0 Å². The lowest BCUT2D eigenvalue weighted by atomic mass is 10.0. The lowest BCUT2D eigenvalue weighted by Crippen LogP contribution is -2.36. The van der Waals surface area contributed by atoms with E-state index < -0.39 is 83.7 Å². The number of rotatable bonds is 37. The minimum absolute atomic E-state index is 0.0349. The third-order valence-corrected chi connectivity index (χ3v) is 13.7. The van der Waals surface area contributed by atoms with Crippen LogP contribution in [-0.2, 0) is 51.0 Å². The van der Waals surface area contributed by atoms with Crippen molar-refractivity contribution >= 4 is 33.4 Å². The number of phosphoric acid groups is 2. The number of aromatic nitrogens is 2. The number of aliphatic hydroxyl groups excluding tert-OH is 2. The van der Waals surface area contributed by atoms with Gasteiger partial charge in [0.1, 0.15) is 30.7 Å². The Morgan fingerprint density at radius 1 is 0.776 bits per heavy atom. The van der Waals surface area contributed by atoms with Crippen LogP contribution in [0, 0.1) is 5.92 Å². The number of epoxide rings is 1. The Morgan fingerprint density at radius 2 is 1.39 bits per heavy atom. The topological polar surface area (TPSA) is 278 Å². The van der Waals surface area contributed by atoms with Gasteiger partial charge in [-0.1, -0.05) is 121 Å². The van der Waals surface area contributed by atoms with E-state index in [-0.39, 0.29) is 24.8 Å². The van der Waals surface area contributed by atoms with Gasteiger partial charge in [0.05, 0.1) is 25.4 Å². The van der Waals surface area contributed by atoms with Crippen LogP contribution in [0.5, 0.6) is 0 Å². The van der Waals surface area contributed by atoms with Gasteiger partial charge in [0.25, 0.3) is 0 Å². The second kappa shape index (κ2) is 31.9. The smallest absolute Gasteiger partial charge is 0.462 e. The van der Waals surface area contributed by atoms with Crippen molar-refractivity contribution in [3.05, 3.63) is 59.2 Å². The van der Waals surface area contributed by atoms with E-state index >= 15 is 0 Å². The average molecular weight is 990 g/mol. The van der Waals surface area contributed by atoms with Crippen molar-refractivity contribution in [2.45, 2.75) is 192 Å². The summed E-state index contributed by atoms with van der Waals surface area (Å²) in [5.41, 5.74) is 4.58. The zero-order chi connectivity index (χ0) is 49.1. The summed E-state index contributed by atoms with van der Waals surface area (Å²) in [5.74, 6) is -0.667. The number of allylic oxidation sites excluding steroid dienone is 4. The molecule has 3 rings (SSSR count). The molecule has 1 aromatic heterocycles. The van der Waals surface area contributed by atoms with Gasteiger partial charge in [-0.05, 0) is 63.4 Å². The molecule has 2 saturated heterocycles. The molecule has 9 atom stereocenters. The average Bonchev–Trinajstić information content (AvgIpc) is 3.96. The number of nitrogens with zero attached hydrogens (tertiary/aromatic N) is 2. The van der Waals surface area contributed by atoms with Gasteiger partial charge in [-0.2, -0.15) is 9.29 Å². The number of aliphatic hydroxyl groups is 2. The van der Waals surface area contributed by atoms with Crippen molar-refractivity contribution in [1.82, 2.24) is 9.55 Å². The summed E-state index contributed by atoms with van der Waals surface area (Å²) in [7, 11) is -10.9. The molecule has 2 fully saturated rings. The summed E-state index contributed by atoms with van der Waals surface area (Å²) in [5, 5.41) is 20.9. The Labute approximate surface area is 395 Å². The van der Waals surface area contributed by atoms with Gasteiger partial charge in [-0.15, -0.1) is 0 Å². The fraction of sp³-hybridized carbons (Fsp3) is 0.739. The molecule has 3 heterocycles. The summed E-state index contributed by atoms with van der Waals surface area (Å²) in [4.78, 5) is 61.7. The molecule has 1 aromatic rings. The molecule has 0 bridgehead atoms. The van der Waals surface area contributed by atoms with Crippen LogP contribution in [0.3, 0.4) is 0 Å². The Balaban J connectivity index is 1.42. The molecular weight excluding hydrogens is 912 g/mol. The first-order valence-corrected chi connectivity index (χ1v) is 27.0. The number of nitrogens with two attached hydrogens (primary N) is 1. The molecule has 382 valence electrons. The fourth-order valence-corrected chi connectivity index (χ4v) is 9.29. The Kier molecular flexibility index (Phi) is 27.8. The SMILES string of the molecule is CCCCC/C=C\CC1OC1C/C=C\C/C=C\CCCC(=O)OC[C@H](COP(=O)(O)OP(=O)(O)OC[C@H]1O[C@@H](n2ccc(N)nc2=O)[C@H](O)[C@@H]1O)OC(=O)CCCCCCCCCCC(C)C. The molecule has 0 amide bonds. The van der Waals surface area contributed by atoms with Crippen LogP contribution in [0.2, 0.25) is 0 Å². The second-order valence-corrected chi connectivity index (χ2v) is 20.5. The first-order valence-electron chi connectivity index (χ1n) is 24.0. The molecule has 0 aromatic carbocycles. The standard InChI is InChI=1S/C46H77N3O16P2/c1-4-5-6-7-16-21-26-37-38(63-37)27-22-17-12-10-14-18-23-28-41(50)59-32-36(62-42(51)29-24-19-13-9-8-11-15-20-25-35(2)3)33-60-66(55,56)65-67(57,58)61-34-39-43(52)44(53)45(64-39)49-31-30-40(47)48-46(49)54/h10,14,16-17,21-22,30-31,35-39,43-45,52-53H,4-9,11-13,15,18-20,23-29,32-34H2,1-3H3,(H,55,56)(H,57,58)(H2,47,48,54)/b14-10-,21-16-,22-17-/t36-,37?,38?,39-,43-,44-,45-/m1/s1. The van der Waals surface area contributed by atoms with Gasteiger partial charge in [0.2, 0.25) is 0 Å². The maximum atomic E-state index is 12.8. The van der Waals surface area contributed by atoms with Crippen LogP contribution >= 0.6 is 15.6 Å². The largest absolute Gasteiger partial charge is 0.481 e. The summed E-state index contributed by atoms with van der Waals surface area (Å²) >= 11 is 0. The normalized spacial score (nSPS) is 23.0. The van der Waals surface area contributed by atoms with Gasteiger partial charge in [-0.3, -0.25) is 23.2 Å². The number of carbonyl (C=O) groups is 2. The third-order valence-electron chi connectivity index (χ3n) is 11.1. The lowest BCUT2D eigenvalue weighted by molar-refractivity contribution is -0.161. The lowest BCUT2D eigenvalue weighted by Gasteiger charge is -2.21. The predicted molar refractivity (Wildman–Crippen MR) is 251 cm³/mol. The second-order valence-electron chi connectivity index (χ2n) is 17.5. The molecule has 2 aliphatic rings. The molecule has 21 heteroatoms. The zero-order valence-corrected chi connectivity index (χ0v) is 41.3. The van der Waals surface area contributed by atoms with E-state index in [2.05, 4.69) is 54.4 Å². The number of anilines is 1. The highest BCUT2D eigenvalue weighted by Crippen LogP contribution is 2.60. The van der Waals surface area contributed by atoms with Crippen molar-refractivity contribution in [3.8, 4) is 0 Å². The van der Waals surface area contributed by atoms with Gasteiger partial charge >= 0.3 is 33.3 Å². The van der Waals surface area contributed by atoms with Crippen LogP contribution in [0.4, 0.5) is 5.82 Å². The van der Waals surface area contributed by atoms with E-state index in [0.717, 1.165) is 62.1 Å². The molecule has 4 unspecified atom stereocenters. The quantitative estimate of drug-likeness (QED) is 0.0138. The Bertz CT molecular complexity index is 1840. The van der Waals surface area contributed by atoms with Crippen LogP contribution < -0.4 is 11.4 Å². The third kappa shape index (κ3) is 25.4. The minimum atomic E-state index is -5.43. The van der Waals surface area contributed by atoms with E-state index in [1.165, 1.54) is 51.0 Å². The highest BCUT2D eigenvalue weighted by Gasteiger charge is 2.46. The van der Waals surface area contributed by atoms with Crippen molar-refractivity contribution < 1.29 is 71.0 Å². The van der Waals surface area contributed by atoms with Crippen LogP contribution in [0.15, 0.2) is 53.5 Å². The van der Waals surface area contributed by atoms with Gasteiger partial charge in [-0.25, -0.2) is 13.9 Å². The first kappa shape index (κ1) is 58.3. The van der Waals surface area contributed by atoms with Crippen LogP contribution in [-0.4, -0.2) is 97.9 Å². The van der Waals surface area contributed by atoms with Crippen molar-refractivity contribution in [2.75, 3.05) is 25.6 Å². The number of esters is 2. The molecule has 2 aliphatic heterocycles. The van der Waals surface area contributed by atoms with Crippen LogP contribution in [0.1, 0.15) is 155 Å². The molecule has 0 saturated carbocycles. The summed E-state index contributed by atoms with van der Waals surface area (Å²) in [6.07, 6.45) is 24.4. The predicted octanol–water partition coefficient (Wildman–Crippen LogP) is 8.06. The van der Waals surface area contributed by atoms with Crippen molar-refractivity contribution in [3.63, 3.8) is 0 Å². The van der Waals surface area contributed by atoms with Gasteiger partial charge < -0.3 is 44.7 Å². The van der Waals surface area contributed by atoms with E-state index in [1.54, 1.807) is 0 Å². The highest BCUT2D eigenvalue weighted by molar-refractivity contribution is 7.61. The number of carbonyl (C=O) groups excluding carboxylic acids is 2. The molecular formula is C46H77N3O16P2. The number of ether oxygens (including phenoxy) is 4. The summed E-state index contributed by atoms with van der Waals surface area (Å²) in [6, 6.07) is 1.24. The van der Waals surface area contributed by atoms with E-state index in [4.69, 9.17) is 33.7 Å². The number of hydrogen-bond acceptors (Lipinski definition) is 16. The highest BCUT2D eigenvalue weighted by atomic mass is 31.3. The monoisotopic (exact) mass is 989 g/mol. The summed E-state index contributed by atoms with van der Waals surface area (Å²) in [6.45, 7) is 4.28. The Morgan fingerprint density at radius 3 is 2.07 bits per heavy atom. The van der Waals surface area contributed by atoms with Crippen molar-refractivity contribution in [2.24, 2.45) is 5.92 Å². The van der Waals surface area contributed by atoms with E-state index in [0.29, 0.717) is 31.3 Å². The van der Waals surface area contributed by atoms with Crippen molar-refractivity contribution in [1.29, 1.82) is 0 Å². The fourth-order valence-electron chi connectivity index (χ4n) is 7.18. The maximum absolute atomic E-state index is 12.8. The van der Waals surface area contributed by atoms with E-state index in [1.807, 2.05) is 12.2 Å². The molecule has 0 spiro atoms. The number of phosphoric ester groups is 2.